The van der Waals surface area contributed by atoms with E-state index in [9.17, 15) is 20.4 Å². The van der Waals surface area contributed by atoms with Crippen LogP contribution in [0.2, 0.25) is 0 Å². The summed E-state index contributed by atoms with van der Waals surface area (Å²) in [6, 6.07) is -3.37. The highest BCUT2D eigenvalue weighted by atomic mass is 16.7. The fraction of sp³-hybridized carbons (Fsp3) is 1.00. The van der Waals surface area contributed by atoms with E-state index in [2.05, 4.69) is 5.32 Å². The van der Waals surface area contributed by atoms with Crippen LogP contribution in [0.25, 0.3) is 0 Å². The average molecular weight is 466 g/mol. The molecule has 1 aliphatic carbocycles. The number of ether oxygens (including phenoxy) is 4. The first-order chi connectivity index (χ1) is 15.0. The van der Waals surface area contributed by atoms with Gasteiger partial charge in [-0.3, -0.25) is 0 Å². The molecule has 32 heavy (non-hydrogen) atoms. The zero-order chi connectivity index (χ0) is 23.8. The standard InChI is InChI=1S/C19H39N5O8/c1-19(28)6-29-18(13(27)16(19)24-2)32-15-10(23)11(25)9(22)14(12(15)26)31-17-8(21)4-3-7(5-20)30-17/h7-18,24-28H,3-6,20-23H2,1-2H3. The van der Waals surface area contributed by atoms with Gasteiger partial charge >= 0.3 is 0 Å². The number of aliphatic hydroxyl groups is 4. The normalized spacial score (nSPS) is 52.7. The second-order valence-corrected chi connectivity index (χ2v) is 9.23. The molecule has 13 atom stereocenters. The van der Waals surface area contributed by atoms with Crippen molar-refractivity contribution in [2.75, 3.05) is 20.2 Å². The SMILES string of the molecule is CNC1C(O)C(OC2C(N)C(O)C(N)C(OC3OC(CN)CCC3N)C2O)OCC1(C)O. The summed E-state index contributed by atoms with van der Waals surface area (Å²) in [5.74, 6) is 0. The molecule has 0 spiro atoms. The van der Waals surface area contributed by atoms with Crippen LogP contribution >= 0.6 is 0 Å². The predicted molar refractivity (Wildman–Crippen MR) is 112 cm³/mol. The van der Waals surface area contributed by atoms with E-state index in [0.717, 1.165) is 0 Å². The van der Waals surface area contributed by atoms with Crippen molar-refractivity contribution >= 4 is 0 Å². The number of hydrogen-bond donors (Lipinski definition) is 9. The Bertz CT molecular complexity index is 618. The largest absolute Gasteiger partial charge is 0.390 e. The Hall–Kier alpha value is -0.520. The van der Waals surface area contributed by atoms with Gasteiger partial charge in [0.25, 0.3) is 0 Å². The van der Waals surface area contributed by atoms with Crippen molar-refractivity contribution in [2.24, 2.45) is 22.9 Å². The Morgan fingerprint density at radius 3 is 2.12 bits per heavy atom. The molecule has 13 N–H and O–H groups in total. The third kappa shape index (κ3) is 5.10. The average Bonchev–Trinajstić information content (AvgIpc) is 2.75. The van der Waals surface area contributed by atoms with E-state index < -0.39 is 72.9 Å². The van der Waals surface area contributed by atoms with Crippen LogP contribution < -0.4 is 28.3 Å². The van der Waals surface area contributed by atoms with Gasteiger partial charge in [-0.1, -0.05) is 0 Å². The summed E-state index contributed by atoms with van der Waals surface area (Å²) in [7, 11) is 1.58. The molecule has 0 aromatic carbocycles. The molecule has 1 saturated carbocycles. The molecule has 188 valence electrons. The Kier molecular flexibility index (Phi) is 8.48. The highest BCUT2D eigenvalue weighted by Gasteiger charge is 2.53. The van der Waals surface area contributed by atoms with Crippen molar-refractivity contribution in [1.82, 2.24) is 5.32 Å². The Labute approximate surface area is 187 Å². The van der Waals surface area contributed by atoms with Crippen LogP contribution in [0.4, 0.5) is 0 Å². The Morgan fingerprint density at radius 2 is 1.56 bits per heavy atom. The van der Waals surface area contributed by atoms with Gasteiger partial charge in [-0.15, -0.1) is 0 Å². The molecule has 0 aromatic heterocycles. The maximum Gasteiger partial charge on any atom is 0.185 e. The number of hydrogen-bond acceptors (Lipinski definition) is 13. The molecule has 13 heteroatoms. The summed E-state index contributed by atoms with van der Waals surface area (Å²) in [5, 5.41) is 45.5. The van der Waals surface area contributed by atoms with Gasteiger partial charge in [-0.05, 0) is 26.8 Å². The second kappa shape index (κ2) is 10.4. The number of nitrogens with two attached hydrogens (primary N) is 4. The van der Waals surface area contributed by atoms with Gasteiger partial charge in [0.2, 0.25) is 0 Å². The second-order valence-electron chi connectivity index (χ2n) is 9.23. The van der Waals surface area contributed by atoms with Gasteiger partial charge in [-0.2, -0.15) is 0 Å². The molecule has 0 bridgehead atoms. The summed E-state index contributed by atoms with van der Waals surface area (Å²) in [6.07, 6.45) is -7.33. The van der Waals surface area contributed by atoms with E-state index >= 15 is 0 Å². The van der Waals surface area contributed by atoms with Crippen LogP contribution in [0.1, 0.15) is 19.8 Å². The molecule has 2 saturated heterocycles. The summed E-state index contributed by atoms with van der Waals surface area (Å²) >= 11 is 0. The lowest BCUT2D eigenvalue weighted by atomic mass is 9.81. The van der Waals surface area contributed by atoms with Crippen LogP contribution in [0, 0.1) is 0 Å². The molecule has 2 aliphatic heterocycles. The van der Waals surface area contributed by atoms with Crippen molar-refractivity contribution in [2.45, 2.75) is 98.7 Å². The third-order valence-electron chi connectivity index (χ3n) is 6.71. The van der Waals surface area contributed by atoms with Crippen LogP contribution in [-0.2, 0) is 18.9 Å². The minimum absolute atomic E-state index is 0.133. The van der Waals surface area contributed by atoms with Crippen molar-refractivity contribution < 1.29 is 39.4 Å². The van der Waals surface area contributed by atoms with Gasteiger partial charge in [-0.25, -0.2) is 0 Å². The molecule has 3 fully saturated rings. The third-order valence-corrected chi connectivity index (χ3v) is 6.71. The molecule has 0 amide bonds. The zero-order valence-corrected chi connectivity index (χ0v) is 18.5. The number of aliphatic hydroxyl groups excluding tert-OH is 3. The fourth-order valence-corrected chi connectivity index (χ4v) is 4.68. The molecule has 0 radical (unpaired) electrons. The van der Waals surface area contributed by atoms with E-state index in [1.165, 1.54) is 6.92 Å². The molecular formula is C19H39N5O8. The predicted octanol–water partition coefficient (Wildman–Crippen LogP) is -5.01. The summed E-state index contributed by atoms with van der Waals surface area (Å²) < 4.78 is 23.0. The Balaban J connectivity index is 1.73. The van der Waals surface area contributed by atoms with Crippen LogP contribution in [0.3, 0.4) is 0 Å². The van der Waals surface area contributed by atoms with Crippen LogP contribution in [0.5, 0.6) is 0 Å². The molecule has 0 aromatic rings. The lowest BCUT2D eigenvalue weighted by Gasteiger charge is -2.49. The molecule has 3 rings (SSSR count). The van der Waals surface area contributed by atoms with Crippen molar-refractivity contribution in [3.63, 3.8) is 0 Å². The summed E-state index contributed by atoms with van der Waals surface area (Å²) in [5.41, 5.74) is 22.7. The van der Waals surface area contributed by atoms with Gasteiger partial charge < -0.3 is 67.6 Å². The molecule has 13 unspecified atom stereocenters. The highest BCUT2D eigenvalue weighted by Crippen LogP contribution is 2.31. The van der Waals surface area contributed by atoms with Crippen LogP contribution in [-0.4, -0.2) is 120 Å². The van der Waals surface area contributed by atoms with E-state index in [0.29, 0.717) is 19.4 Å². The molecule has 13 nitrogen and oxygen atoms in total. The smallest absolute Gasteiger partial charge is 0.185 e. The highest BCUT2D eigenvalue weighted by molar-refractivity contribution is 5.06. The molecule has 2 heterocycles. The lowest BCUT2D eigenvalue weighted by molar-refractivity contribution is -0.312. The van der Waals surface area contributed by atoms with Gasteiger partial charge in [0.15, 0.2) is 12.6 Å². The van der Waals surface area contributed by atoms with Gasteiger partial charge in [0.05, 0.1) is 43.0 Å². The minimum atomic E-state index is -1.39. The monoisotopic (exact) mass is 465 g/mol. The zero-order valence-electron chi connectivity index (χ0n) is 18.5. The van der Waals surface area contributed by atoms with E-state index in [-0.39, 0.29) is 12.7 Å². The first kappa shape index (κ1) is 26.1. The quantitative estimate of drug-likeness (QED) is 0.179. The molecule has 3 aliphatic rings. The topological polar surface area (TPSA) is 234 Å². The number of likely N-dealkylation sites (N-methyl/N-ethyl adjacent to an activating group) is 1. The maximum atomic E-state index is 11.0. The number of rotatable bonds is 6. The molecular weight excluding hydrogens is 426 g/mol. The van der Waals surface area contributed by atoms with Crippen molar-refractivity contribution in [1.29, 1.82) is 0 Å². The summed E-state index contributed by atoms with van der Waals surface area (Å²) in [4.78, 5) is 0. The first-order valence-corrected chi connectivity index (χ1v) is 11.0. The lowest BCUT2D eigenvalue weighted by Crippen LogP contribution is -2.72. The fourth-order valence-electron chi connectivity index (χ4n) is 4.68. The Morgan fingerprint density at radius 1 is 0.969 bits per heavy atom. The van der Waals surface area contributed by atoms with E-state index in [1.54, 1.807) is 7.05 Å². The van der Waals surface area contributed by atoms with Crippen molar-refractivity contribution in [3.05, 3.63) is 0 Å². The minimum Gasteiger partial charge on any atom is -0.390 e. The summed E-state index contributed by atoms with van der Waals surface area (Å²) in [6.45, 7) is 1.67. The van der Waals surface area contributed by atoms with Gasteiger partial charge in [0, 0.05) is 6.54 Å². The van der Waals surface area contributed by atoms with Gasteiger partial charge in [0.1, 0.15) is 30.0 Å². The van der Waals surface area contributed by atoms with E-state index in [4.69, 9.17) is 41.9 Å². The van der Waals surface area contributed by atoms with Crippen LogP contribution in [0.15, 0.2) is 0 Å². The maximum absolute atomic E-state index is 11.0. The first-order valence-electron chi connectivity index (χ1n) is 11.0. The van der Waals surface area contributed by atoms with E-state index in [1.807, 2.05) is 0 Å². The number of nitrogens with one attached hydrogen (secondary N) is 1. The van der Waals surface area contributed by atoms with Crippen molar-refractivity contribution in [3.8, 4) is 0 Å².